The van der Waals surface area contributed by atoms with Crippen LogP contribution in [0.15, 0.2) is 36.8 Å². The van der Waals surface area contributed by atoms with Gasteiger partial charge in [0.15, 0.2) is 5.82 Å². The summed E-state index contributed by atoms with van der Waals surface area (Å²) in [5.74, 6) is 0.0981. The highest BCUT2D eigenvalue weighted by molar-refractivity contribution is 5.37. The van der Waals surface area contributed by atoms with Gasteiger partial charge in [-0.15, -0.1) is 5.10 Å². The molecule has 0 aliphatic heterocycles. The van der Waals surface area contributed by atoms with E-state index in [1.54, 1.807) is 0 Å². The summed E-state index contributed by atoms with van der Waals surface area (Å²) in [5.41, 5.74) is 0.520. The predicted octanol–water partition coefficient (Wildman–Crippen LogP) is 1.42. The Labute approximate surface area is 132 Å². The Morgan fingerprint density at radius 2 is 2.04 bits per heavy atom. The summed E-state index contributed by atoms with van der Waals surface area (Å²) >= 11 is 0. The van der Waals surface area contributed by atoms with Crippen molar-refractivity contribution in [1.29, 1.82) is 0 Å². The molecular formula is C12H9F2N7O3. The van der Waals surface area contributed by atoms with Crippen molar-refractivity contribution in [3.63, 3.8) is 0 Å². The normalized spacial score (nSPS) is 11.0. The lowest BCUT2D eigenvalue weighted by Crippen LogP contribution is -2.08. The quantitative estimate of drug-likeness (QED) is 0.493. The first-order chi connectivity index (χ1) is 11.5. The maximum Gasteiger partial charge on any atom is 0.387 e. The van der Waals surface area contributed by atoms with E-state index in [-0.39, 0.29) is 18.1 Å². The number of ether oxygens (including phenoxy) is 1. The first-order valence-corrected chi connectivity index (χ1v) is 6.51. The zero-order valence-corrected chi connectivity index (χ0v) is 11.9. The monoisotopic (exact) mass is 337 g/mol. The maximum absolute atomic E-state index is 12.1. The van der Waals surface area contributed by atoms with Crippen LogP contribution in [0.4, 0.5) is 14.6 Å². The second kappa shape index (κ2) is 6.36. The molecule has 0 aliphatic rings. The molecule has 0 bridgehead atoms. The topological polar surface area (TPSA) is 114 Å². The van der Waals surface area contributed by atoms with Crippen LogP contribution < -0.4 is 4.74 Å². The van der Waals surface area contributed by atoms with Crippen LogP contribution in [0.25, 0.3) is 5.69 Å². The largest absolute Gasteiger partial charge is 0.435 e. The third-order valence-electron chi connectivity index (χ3n) is 2.97. The average molecular weight is 337 g/mol. The fourth-order valence-corrected chi connectivity index (χ4v) is 1.97. The summed E-state index contributed by atoms with van der Waals surface area (Å²) in [6.45, 7) is -2.76. The summed E-state index contributed by atoms with van der Waals surface area (Å²) in [6.07, 6.45) is 2.54. The maximum atomic E-state index is 12.1. The number of nitrogens with zero attached hydrogens (tertiary/aromatic N) is 7. The summed E-state index contributed by atoms with van der Waals surface area (Å²) in [6, 6.07) is 5.73. The zero-order chi connectivity index (χ0) is 17.1. The molecule has 0 saturated heterocycles. The van der Waals surface area contributed by atoms with Crippen LogP contribution in [0.5, 0.6) is 5.75 Å². The summed E-state index contributed by atoms with van der Waals surface area (Å²) in [7, 11) is 0. The Morgan fingerprint density at radius 1 is 1.29 bits per heavy atom. The number of nitro groups is 1. The molecule has 10 nitrogen and oxygen atoms in total. The Morgan fingerprint density at radius 3 is 2.67 bits per heavy atom. The number of hydrogen-bond acceptors (Lipinski definition) is 7. The van der Waals surface area contributed by atoms with Gasteiger partial charge in [0.25, 0.3) is 0 Å². The van der Waals surface area contributed by atoms with E-state index in [2.05, 4.69) is 25.2 Å². The van der Waals surface area contributed by atoms with Crippen LogP contribution in [0.3, 0.4) is 0 Å². The molecule has 3 rings (SSSR count). The van der Waals surface area contributed by atoms with Crippen molar-refractivity contribution < 1.29 is 18.4 Å². The van der Waals surface area contributed by atoms with Gasteiger partial charge in [-0.05, 0) is 44.6 Å². The Kier molecular flexibility index (Phi) is 4.09. The lowest BCUT2D eigenvalue weighted by molar-refractivity contribution is -0.389. The minimum Gasteiger partial charge on any atom is -0.435 e. The van der Waals surface area contributed by atoms with Crippen molar-refractivity contribution in [2.75, 3.05) is 0 Å². The van der Waals surface area contributed by atoms with Crippen LogP contribution in [-0.2, 0) is 6.54 Å². The van der Waals surface area contributed by atoms with Crippen LogP contribution in [0.1, 0.15) is 5.82 Å². The Bertz CT molecular complexity index is 846. The standard InChI is InChI=1S/C12H9F2N7O3/c13-12(14)24-9-3-1-8(2-4-9)20-11(16-17-18-20)6-19-5-10(15-7-19)21(22)23/h1-5,7,12H,6H2. The number of alkyl halides is 2. The molecule has 2 heterocycles. The minimum absolute atomic E-state index is 0.00797. The van der Waals surface area contributed by atoms with Crippen molar-refractivity contribution >= 4 is 5.82 Å². The summed E-state index contributed by atoms with van der Waals surface area (Å²) in [4.78, 5) is 13.7. The van der Waals surface area contributed by atoms with Crippen LogP contribution in [-0.4, -0.2) is 41.3 Å². The van der Waals surface area contributed by atoms with Crippen molar-refractivity contribution in [3.05, 3.63) is 52.7 Å². The highest BCUT2D eigenvalue weighted by Gasteiger charge is 2.14. The van der Waals surface area contributed by atoms with Gasteiger partial charge in [-0.2, -0.15) is 13.5 Å². The molecule has 12 heteroatoms. The number of aromatic nitrogens is 6. The third-order valence-corrected chi connectivity index (χ3v) is 2.97. The lowest BCUT2D eigenvalue weighted by atomic mass is 10.3. The van der Waals surface area contributed by atoms with Gasteiger partial charge in [0.05, 0.1) is 12.2 Å². The lowest BCUT2D eigenvalue weighted by Gasteiger charge is -2.07. The zero-order valence-electron chi connectivity index (χ0n) is 11.9. The van der Waals surface area contributed by atoms with Gasteiger partial charge in [0, 0.05) is 0 Å². The minimum atomic E-state index is -2.91. The molecule has 0 N–H and O–H groups in total. The molecule has 3 aromatic rings. The molecule has 124 valence electrons. The number of tetrazole rings is 1. The van der Waals surface area contributed by atoms with Gasteiger partial charge in [0.1, 0.15) is 11.9 Å². The van der Waals surface area contributed by atoms with Gasteiger partial charge in [-0.1, -0.05) is 0 Å². The molecule has 0 aliphatic carbocycles. The molecule has 0 atom stereocenters. The predicted molar refractivity (Wildman–Crippen MR) is 73.8 cm³/mol. The van der Waals surface area contributed by atoms with E-state index in [0.717, 1.165) is 0 Å². The molecule has 2 aromatic heterocycles. The Balaban J connectivity index is 1.80. The molecular weight excluding hydrogens is 328 g/mol. The van der Waals surface area contributed by atoms with Gasteiger partial charge >= 0.3 is 12.4 Å². The average Bonchev–Trinajstić information content (AvgIpc) is 3.17. The first kappa shape index (κ1) is 15.5. The number of halogens is 2. The number of hydrogen-bond donors (Lipinski definition) is 0. The summed E-state index contributed by atoms with van der Waals surface area (Å²) < 4.78 is 31.4. The van der Waals surface area contributed by atoms with Crippen molar-refractivity contribution in [1.82, 2.24) is 29.8 Å². The summed E-state index contributed by atoms with van der Waals surface area (Å²) in [5, 5.41) is 21.8. The molecule has 0 radical (unpaired) electrons. The van der Waals surface area contributed by atoms with Gasteiger partial charge < -0.3 is 19.4 Å². The molecule has 0 spiro atoms. The molecule has 0 saturated carbocycles. The van der Waals surface area contributed by atoms with E-state index in [1.807, 2.05) is 0 Å². The van der Waals surface area contributed by atoms with Crippen LogP contribution in [0.2, 0.25) is 0 Å². The van der Waals surface area contributed by atoms with Gasteiger partial charge in [-0.3, -0.25) is 0 Å². The fraction of sp³-hybridized carbons (Fsp3) is 0.167. The van der Waals surface area contributed by atoms with Gasteiger partial charge in [0.2, 0.25) is 6.33 Å². The van der Waals surface area contributed by atoms with E-state index >= 15 is 0 Å². The SMILES string of the molecule is O=[N+]([O-])c1cn(Cc2nnnn2-c2ccc(OC(F)F)cc2)cn1. The molecule has 0 fully saturated rings. The fourth-order valence-electron chi connectivity index (χ4n) is 1.97. The molecule has 24 heavy (non-hydrogen) atoms. The second-order valence-corrected chi connectivity index (χ2v) is 4.54. The second-order valence-electron chi connectivity index (χ2n) is 4.54. The molecule has 1 aromatic carbocycles. The van der Waals surface area contributed by atoms with E-state index < -0.39 is 11.5 Å². The highest BCUT2D eigenvalue weighted by atomic mass is 19.3. The van der Waals surface area contributed by atoms with E-state index in [1.165, 1.54) is 46.0 Å². The number of imidazole rings is 1. The molecule has 0 amide bonds. The number of benzene rings is 1. The van der Waals surface area contributed by atoms with Gasteiger partial charge in [-0.25, -0.2) is 0 Å². The van der Waals surface area contributed by atoms with E-state index in [0.29, 0.717) is 11.5 Å². The number of rotatable bonds is 6. The van der Waals surface area contributed by atoms with Crippen LogP contribution in [0, 0.1) is 10.1 Å². The van der Waals surface area contributed by atoms with Crippen molar-refractivity contribution in [2.24, 2.45) is 0 Å². The van der Waals surface area contributed by atoms with E-state index in [9.17, 15) is 18.9 Å². The Hall–Kier alpha value is -3.44. The van der Waals surface area contributed by atoms with E-state index in [4.69, 9.17) is 0 Å². The highest BCUT2D eigenvalue weighted by Crippen LogP contribution is 2.18. The third kappa shape index (κ3) is 3.31. The van der Waals surface area contributed by atoms with Crippen molar-refractivity contribution in [2.45, 2.75) is 13.2 Å². The smallest absolute Gasteiger partial charge is 0.387 e. The first-order valence-electron chi connectivity index (χ1n) is 6.51. The van der Waals surface area contributed by atoms with Crippen LogP contribution >= 0.6 is 0 Å². The molecule has 0 unspecified atom stereocenters. The van der Waals surface area contributed by atoms with Crippen molar-refractivity contribution in [3.8, 4) is 11.4 Å².